The lowest BCUT2D eigenvalue weighted by Gasteiger charge is -2.30. The lowest BCUT2D eigenvalue weighted by molar-refractivity contribution is -0.119. The van der Waals surface area contributed by atoms with Crippen molar-refractivity contribution in [1.82, 2.24) is 4.98 Å². The Morgan fingerprint density at radius 3 is 2.36 bits per heavy atom. The van der Waals surface area contributed by atoms with Crippen molar-refractivity contribution in [3.05, 3.63) is 54.2 Å². The molecule has 0 aliphatic heterocycles. The second kappa shape index (κ2) is 10.0. The third-order valence-corrected chi connectivity index (χ3v) is 4.85. The maximum Gasteiger partial charge on any atom is 0.218 e. The van der Waals surface area contributed by atoms with Crippen molar-refractivity contribution in [2.24, 2.45) is 5.73 Å². The van der Waals surface area contributed by atoms with Gasteiger partial charge in [0.2, 0.25) is 11.8 Å². The van der Waals surface area contributed by atoms with Crippen molar-refractivity contribution in [2.45, 2.75) is 70.1 Å². The smallest absolute Gasteiger partial charge is 0.218 e. The standard InChI is InChI=1S/C21H30N2O2/c1-2-3-4-5-6-7-11-14-21(17-19(22)24,20-23-15-16-25-20)18-12-9-8-10-13-18/h8-10,12-13,15-16H,2-7,11,14,17H2,1H3,(H2,22,24). The van der Waals surface area contributed by atoms with E-state index in [0.29, 0.717) is 5.89 Å². The predicted octanol–water partition coefficient (Wildman–Crippen LogP) is 4.98. The summed E-state index contributed by atoms with van der Waals surface area (Å²) in [7, 11) is 0. The largest absolute Gasteiger partial charge is 0.448 e. The number of hydrogen-bond acceptors (Lipinski definition) is 3. The van der Waals surface area contributed by atoms with E-state index in [4.69, 9.17) is 10.2 Å². The van der Waals surface area contributed by atoms with Gasteiger partial charge in [-0.1, -0.05) is 82.2 Å². The van der Waals surface area contributed by atoms with Crippen LogP contribution < -0.4 is 5.73 Å². The predicted molar refractivity (Wildman–Crippen MR) is 100 cm³/mol. The van der Waals surface area contributed by atoms with E-state index in [1.807, 2.05) is 30.3 Å². The van der Waals surface area contributed by atoms with Gasteiger partial charge in [-0.2, -0.15) is 0 Å². The lowest BCUT2D eigenvalue weighted by Crippen LogP contribution is -2.34. The SMILES string of the molecule is CCCCCCCCCC(CC(N)=O)(c1ccccc1)c1ncco1. The summed E-state index contributed by atoms with van der Waals surface area (Å²) in [4.78, 5) is 16.2. The molecule has 4 heteroatoms. The van der Waals surface area contributed by atoms with Crippen LogP contribution in [0.1, 0.15) is 76.2 Å². The van der Waals surface area contributed by atoms with E-state index in [1.165, 1.54) is 32.1 Å². The van der Waals surface area contributed by atoms with Gasteiger partial charge in [-0.25, -0.2) is 4.98 Å². The zero-order valence-electron chi connectivity index (χ0n) is 15.2. The van der Waals surface area contributed by atoms with Gasteiger partial charge < -0.3 is 10.2 Å². The molecule has 1 atom stereocenters. The molecule has 2 aromatic rings. The number of nitrogens with two attached hydrogens (primary N) is 1. The van der Waals surface area contributed by atoms with E-state index in [2.05, 4.69) is 11.9 Å². The zero-order valence-corrected chi connectivity index (χ0v) is 15.2. The Morgan fingerprint density at radius 1 is 1.08 bits per heavy atom. The van der Waals surface area contributed by atoms with E-state index in [9.17, 15) is 4.79 Å². The average molecular weight is 342 g/mol. The number of nitrogens with zero attached hydrogens (tertiary/aromatic N) is 1. The van der Waals surface area contributed by atoms with Crippen molar-refractivity contribution in [2.75, 3.05) is 0 Å². The number of unbranched alkanes of at least 4 members (excludes halogenated alkanes) is 6. The third kappa shape index (κ3) is 5.45. The molecule has 0 saturated carbocycles. The molecule has 0 fully saturated rings. The Hall–Kier alpha value is -2.10. The highest BCUT2D eigenvalue weighted by molar-refractivity contribution is 5.76. The molecule has 0 bridgehead atoms. The van der Waals surface area contributed by atoms with Crippen LogP contribution in [0, 0.1) is 0 Å². The number of carbonyl (C=O) groups is 1. The van der Waals surface area contributed by atoms with E-state index < -0.39 is 5.41 Å². The van der Waals surface area contributed by atoms with Crippen molar-refractivity contribution < 1.29 is 9.21 Å². The molecular formula is C21H30N2O2. The highest BCUT2D eigenvalue weighted by Gasteiger charge is 2.39. The summed E-state index contributed by atoms with van der Waals surface area (Å²) in [6.45, 7) is 2.23. The molecule has 0 radical (unpaired) electrons. The number of amides is 1. The number of carbonyl (C=O) groups excluding carboxylic acids is 1. The Bertz CT molecular complexity index is 610. The molecule has 0 aliphatic carbocycles. The Morgan fingerprint density at radius 2 is 1.76 bits per heavy atom. The van der Waals surface area contributed by atoms with Crippen LogP contribution in [0.5, 0.6) is 0 Å². The van der Waals surface area contributed by atoms with Crippen LogP contribution in [0.4, 0.5) is 0 Å². The fourth-order valence-electron chi connectivity index (χ4n) is 3.54. The molecule has 25 heavy (non-hydrogen) atoms. The van der Waals surface area contributed by atoms with Crippen molar-refractivity contribution in [3.63, 3.8) is 0 Å². The second-order valence-corrected chi connectivity index (χ2v) is 6.80. The minimum Gasteiger partial charge on any atom is -0.448 e. The third-order valence-electron chi connectivity index (χ3n) is 4.85. The molecule has 0 spiro atoms. The molecule has 1 aromatic heterocycles. The lowest BCUT2D eigenvalue weighted by atomic mass is 9.73. The van der Waals surface area contributed by atoms with Crippen molar-refractivity contribution in [1.29, 1.82) is 0 Å². The van der Waals surface area contributed by atoms with Crippen LogP contribution >= 0.6 is 0 Å². The van der Waals surface area contributed by atoms with Crippen LogP contribution in [0.2, 0.25) is 0 Å². The van der Waals surface area contributed by atoms with E-state index >= 15 is 0 Å². The first kappa shape index (κ1) is 19.2. The molecule has 1 heterocycles. The minimum atomic E-state index is -0.569. The number of oxazole rings is 1. The second-order valence-electron chi connectivity index (χ2n) is 6.80. The topological polar surface area (TPSA) is 69.1 Å². The van der Waals surface area contributed by atoms with Crippen molar-refractivity contribution in [3.8, 4) is 0 Å². The van der Waals surface area contributed by atoms with Crippen LogP contribution in [-0.2, 0) is 10.2 Å². The van der Waals surface area contributed by atoms with Gasteiger partial charge in [0.1, 0.15) is 6.26 Å². The number of primary amides is 1. The Labute approximate surface area is 150 Å². The molecule has 136 valence electrons. The van der Waals surface area contributed by atoms with E-state index in [-0.39, 0.29) is 12.3 Å². The summed E-state index contributed by atoms with van der Waals surface area (Å²) >= 11 is 0. The normalized spacial score (nSPS) is 13.5. The maximum atomic E-state index is 11.8. The monoisotopic (exact) mass is 342 g/mol. The molecule has 2 N–H and O–H groups in total. The van der Waals surface area contributed by atoms with Gasteiger partial charge in [-0.3, -0.25) is 4.79 Å². The fourth-order valence-corrected chi connectivity index (χ4v) is 3.54. The maximum absolute atomic E-state index is 11.8. The van der Waals surface area contributed by atoms with Gasteiger partial charge in [0.05, 0.1) is 11.6 Å². The molecule has 1 aromatic carbocycles. The van der Waals surface area contributed by atoms with Gasteiger partial charge in [-0.05, 0) is 12.0 Å². The summed E-state index contributed by atoms with van der Waals surface area (Å²) in [6.07, 6.45) is 12.8. The van der Waals surface area contributed by atoms with Gasteiger partial charge >= 0.3 is 0 Å². The number of aromatic nitrogens is 1. The average Bonchev–Trinajstić information content (AvgIpc) is 3.15. The van der Waals surface area contributed by atoms with Gasteiger partial charge in [0.25, 0.3) is 0 Å². The highest BCUT2D eigenvalue weighted by atomic mass is 16.3. The van der Waals surface area contributed by atoms with E-state index in [1.54, 1.807) is 12.5 Å². The summed E-state index contributed by atoms with van der Waals surface area (Å²) in [5, 5.41) is 0. The Balaban J connectivity index is 2.12. The van der Waals surface area contributed by atoms with Gasteiger partial charge in [-0.15, -0.1) is 0 Å². The van der Waals surface area contributed by atoms with Gasteiger partial charge in [0.15, 0.2) is 0 Å². The fraction of sp³-hybridized carbons (Fsp3) is 0.524. The van der Waals surface area contributed by atoms with Crippen LogP contribution in [0.3, 0.4) is 0 Å². The molecule has 4 nitrogen and oxygen atoms in total. The molecule has 1 unspecified atom stereocenters. The molecule has 1 amide bonds. The number of benzene rings is 1. The first-order valence-electron chi connectivity index (χ1n) is 9.43. The number of rotatable bonds is 12. The molecular weight excluding hydrogens is 312 g/mol. The first-order chi connectivity index (χ1) is 12.2. The van der Waals surface area contributed by atoms with Crippen LogP contribution in [0.15, 0.2) is 47.2 Å². The van der Waals surface area contributed by atoms with Crippen LogP contribution in [-0.4, -0.2) is 10.9 Å². The minimum absolute atomic E-state index is 0.216. The summed E-state index contributed by atoms with van der Waals surface area (Å²) in [5.41, 5.74) is 6.07. The Kier molecular flexibility index (Phi) is 7.71. The quantitative estimate of drug-likeness (QED) is 0.553. The summed E-state index contributed by atoms with van der Waals surface area (Å²) < 4.78 is 5.65. The zero-order chi connectivity index (χ0) is 18.0. The first-order valence-corrected chi connectivity index (χ1v) is 9.43. The summed E-state index contributed by atoms with van der Waals surface area (Å²) in [6, 6.07) is 10.0. The highest BCUT2D eigenvalue weighted by Crippen LogP contribution is 2.39. The van der Waals surface area contributed by atoms with Gasteiger partial charge in [0, 0.05) is 6.42 Å². The number of hydrogen-bond donors (Lipinski definition) is 1. The molecule has 2 rings (SSSR count). The van der Waals surface area contributed by atoms with E-state index in [0.717, 1.165) is 24.8 Å². The summed E-state index contributed by atoms with van der Waals surface area (Å²) in [5.74, 6) is 0.258. The van der Waals surface area contributed by atoms with Crippen LogP contribution in [0.25, 0.3) is 0 Å². The molecule has 0 saturated heterocycles. The molecule has 0 aliphatic rings. The van der Waals surface area contributed by atoms with Crippen molar-refractivity contribution >= 4 is 5.91 Å².